The van der Waals surface area contributed by atoms with Crippen LogP contribution in [0.2, 0.25) is 0 Å². The van der Waals surface area contributed by atoms with Gasteiger partial charge in [0.15, 0.2) is 0 Å². The lowest BCUT2D eigenvalue weighted by Gasteiger charge is -2.08. The van der Waals surface area contributed by atoms with E-state index in [9.17, 15) is 0 Å². The molecule has 0 atom stereocenters. The number of hydrogen-bond donors (Lipinski definition) is 0. The van der Waals surface area contributed by atoms with Crippen LogP contribution in [0.4, 0.5) is 0 Å². The molecule has 2 heteroatoms. The van der Waals surface area contributed by atoms with E-state index in [1.54, 1.807) is 6.33 Å². The number of aryl methyl sites for hydroxylation is 1. The minimum Gasteiger partial charge on any atom is -0.241 e. The van der Waals surface area contributed by atoms with Gasteiger partial charge in [-0.15, -0.1) is 0 Å². The van der Waals surface area contributed by atoms with Gasteiger partial charge in [0, 0.05) is 11.4 Å². The summed E-state index contributed by atoms with van der Waals surface area (Å²) >= 11 is 0. The van der Waals surface area contributed by atoms with Crippen LogP contribution >= 0.6 is 0 Å². The van der Waals surface area contributed by atoms with E-state index < -0.39 is 0 Å². The van der Waals surface area contributed by atoms with Crippen LogP contribution in [0.3, 0.4) is 0 Å². The van der Waals surface area contributed by atoms with E-state index in [0.29, 0.717) is 5.92 Å². The van der Waals surface area contributed by atoms with E-state index in [1.165, 1.54) is 29.8 Å². The fourth-order valence-electron chi connectivity index (χ4n) is 1.88. The van der Waals surface area contributed by atoms with E-state index in [1.807, 2.05) is 27.7 Å². The van der Waals surface area contributed by atoms with Crippen LogP contribution in [0.25, 0.3) is 0 Å². The van der Waals surface area contributed by atoms with E-state index in [4.69, 9.17) is 0 Å². The molecule has 0 unspecified atom stereocenters. The Balaban J connectivity index is 0.000000509. The molecule has 0 amide bonds. The van der Waals surface area contributed by atoms with Crippen molar-refractivity contribution in [3.05, 3.63) is 23.3 Å². The number of hydrogen-bond acceptors (Lipinski definition) is 2. The first-order valence-corrected chi connectivity index (χ1v) is 6.61. The monoisotopic (exact) mass is 222 g/mol. The Bertz CT molecular complexity index is 293. The van der Waals surface area contributed by atoms with Crippen molar-refractivity contribution in [3.63, 3.8) is 0 Å². The standard InChI is InChI=1S/C10H14N2.2C2H6/c1-7(2)10-8-4-3-5-9(8)11-6-12-10;2*1-2/h6-7H,3-5H2,1-2H3;2*1-2H3. The van der Waals surface area contributed by atoms with Crippen molar-refractivity contribution in [2.75, 3.05) is 0 Å². The van der Waals surface area contributed by atoms with Crippen molar-refractivity contribution in [2.24, 2.45) is 0 Å². The smallest absolute Gasteiger partial charge is 0.115 e. The summed E-state index contributed by atoms with van der Waals surface area (Å²) in [6.45, 7) is 12.4. The highest BCUT2D eigenvalue weighted by molar-refractivity contribution is 5.30. The van der Waals surface area contributed by atoms with Crippen LogP contribution in [0.15, 0.2) is 6.33 Å². The zero-order valence-corrected chi connectivity index (χ0v) is 11.7. The predicted octanol–water partition coefficient (Wildman–Crippen LogP) is 4.14. The number of rotatable bonds is 1. The molecule has 0 aliphatic heterocycles. The second-order valence-corrected chi connectivity index (χ2v) is 3.69. The minimum atomic E-state index is 0.542. The van der Waals surface area contributed by atoms with Crippen LogP contribution in [-0.2, 0) is 12.8 Å². The quantitative estimate of drug-likeness (QED) is 0.713. The number of nitrogens with zero attached hydrogens (tertiary/aromatic N) is 2. The Morgan fingerprint density at radius 3 is 2.19 bits per heavy atom. The maximum Gasteiger partial charge on any atom is 0.115 e. The average Bonchev–Trinajstić information content (AvgIpc) is 2.81. The van der Waals surface area contributed by atoms with Gasteiger partial charge in [0.2, 0.25) is 0 Å². The van der Waals surface area contributed by atoms with Crippen LogP contribution in [0.1, 0.15) is 70.8 Å². The fraction of sp³-hybridized carbons (Fsp3) is 0.714. The Morgan fingerprint density at radius 1 is 1.00 bits per heavy atom. The van der Waals surface area contributed by atoms with Crippen LogP contribution in [-0.4, -0.2) is 9.97 Å². The van der Waals surface area contributed by atoms with Gasteiger partial charge >= 0.3 is 0 Å². The topological polar surface area (TPSA) is 25.8 Å². The average molecular weight is 222 g/mol. The molecule has 2 nitrogen and oxygen atoms in total. The largest absolute Gasteiger partial charge is 0.241 e. The normalized spacial score (nSPS) is 12.2. The lowest BCUT2D eigenvalue weighted by atomic mass is 10.0. The zero-order valence-electron chi connectivity index (χ0n) is 11.7. The van der Waals surface area contributed by atoms with Gasteiger partial charge in [0.25, 0.3) is 0 Å². The molecule has 0 spiro atoms. The lowest BCUT2D eigenvalue weighted by molar-refractivity contribution is 0.790. The summed E-state index contributed by atoms with van der Waals surface area (Å²) in [7, 11) is 0. The van der Waals surface area contributed by atoms with Crippen molar-refractivity contribution in [1.82, 2.24) is 9.97 Å². The van der Waals surface area contributed by atoms with Gasteiger partial charge in [0.1, 0.15) is 6.33 Å². The first kappa shape index (κ1) is 15.1. The summed E-state index contributed by atoms with van der Waals surface area (Å²) < 4.78 is 0. The molecule has 0 aromatic carbocycles. The van der Waals surface area contributed by atoms with Crippen molar-refractivity contribution in [3.8, 4) is 0 Å². The lowest BCUT2D eigenvalue weighted by Crippen LogP contribution is -2.01. The second-order valence-electron chi connectivity index (χ2n) is 3.69. The van der Waals surface area contributed by atoms with Gasteiger partial charge in [0.05, 0.1) is 0 Å². The third-order valence-corrected chi connectivity index (χ3v) is 2.46. The van der Waals surface area contributed by atoms with Gasteiger partial charge in [-0.2, -0.15) is 0 Å². The molecule has 92 valence electrons. The van der Waals surface area contributed by atoms with Gasteiger partial charge in [-0.1, -0.05) is 41.5 Å². The van der Waals surface area contributed by atoms with E-state index in [-0.39, 0.29) is 0 Å². The van der Waals surface area contributed by atoms with E-state index >= 15 is 0 Å². The predicted molar refractivity (Wildman–Crippen MR) is 70.8 cm³/mol. The molecule has 0 saturated heterocycles. The first-order chi connectivity index (χ1) is 7.79. The van der Waals surface area contributed by atoms with Gasteiger partial charge in [-0.05, 0) is 30.7 Å². The fourth-order valence-corrected chi connectivity index (χ4v) is 1.88. The van der Waals surface area contributed by atoms with Crippen molar-refractivity contribution >= 4 is 0 Å². The first-order valence-electron chi connectivity index (χ1n) is 6.61. The summed E-state index contributed by atoms with van der Waals surface area (Å²) in [5.74, 6) is 0.542. The molecular weight excluding hydrogens is 196 g/mol. The maximum atomic E-state index is 4.34. The van der Waals surface area contributed by atoms with Gasteiger partial charge < -0.3 is 0 Å². The van der Waals surface area contributed by atoms with Crippen molar-refractivity contribution in [1.29, 1.82) is 0 Å². The molecular formula is C14H26N2. The third kappa shape index (κ3) is 3.58. The van der Waals surface area contributed by atoms with E-state index in [0.717, 1.165) is 6.42 Å². The Kier molecular flexibility index (Phi) is 7.78. The molecule has 0 fully saturated rings. The second kappa shape index (κ2) is 8.26. The van der Waals surface area contributed by atoms with Crippen molar-refractivity contribution < 1.29 is 0 Å². The minimum absolute atomic E-state index is 0.542. The molecule has 1 heterocycles. The highest BCUT2D eigenvalue weighted by Gasteiger charge is 2.17. The highest BCUT2D eigenvalue weighted by Crippen LogP contribution is 2.25. The number of aromatic nitrogens is 2. The maximum absolute atomic E-state index is 4.34. The molecule has 0 bridgehead atoms. The van der Waals surface area contributed by atoms with Gasteiger partial charge in [-0.3, -0.25) is 0 Å². The molecule has 1 aliphatic carbocycles. The molecule has 0 radical (unpaired) electrons. The molecule has 0 saturated carbocycles. The van der Waals surface area contributed by atoms with Gasteiger partial charge in [-0.25, -0.2) is 9.97 Å². The van der Waals surface area contributed by atoms with Crippen LogP contribution in [0, 0.1) is 0 Å². The molecule has 1 aromatic heterocycles. The summed E-state index contributed by atoms with van der Waals surface area (Å²) in [6.07, 6.45) is 5.30. The molecule has 1 aromatic rings. The summed E-state index contributed by atoms with van der Waals surface area (Å²) in [5, 5.41) is 0. The molecule has 16 heavy (non-hydrogen) atoms. The summed E-state index contributed by atoms with van der Waals surface area (Å²) in [4.78, 5) is 8.63. The van der Waals surface area contributed by atoms with Crippen LogP contribution in [0.5, 0.6) is 0 Å². The molecule has 0 N–H and O–H groups in total. The van der Waals surface area contributed by atoms with Crippen molar-refractivity contribution in [2.45, 2.75) is 66.7 Å². The number of fused-ring (bicyclic) bond motifs is 1. The Morgan fingerprint density at radius 2 is 1.62 bits per heavy atom. The summed E-state index contributed by atoms with van der Waals surface area (Å²) in [5.41, 5.74) is 3.97. The summed E-state index contributed by atoms with van der Waals surface area (Å²) in [6, 6.07) is 0. The Labute approximate surface area is 101 Å². The Hall–Kier alpha value is -0.920. The highest BCUT2D eigenvalue weighted by atomic mass is 14.9. The zero-order chi connectivity index (χ0) is 12.6. The van der Waals surface area contributed by atoms with E-state index in [2.05, 4.69) is 23.8 Å². The SMILES string of the molecule is CC.CC.CC(C)c1ncnc2c1CCC2. The third-order valence-electron chi connectivity index (χ3n) is 2.46. The molecule has 2 rings (SSSR count). The van der Waals surface area contributed by atoms with Crippen LogP contribution < -0.4 is 0 Å². The molecule has 1 aliphatic rings.